The Hall–Kier alpha value is -2.23. The van der Waals surface area contributed by atoms with Crippen molar-refractivity contribution in [3.05, 3.63) is 40.9 Å². The van der Waals surface area contributed by atoms with E-state index in [2.05, 4.69) is 26.6 Å². The quantitative estimate of drug-likeness (QED) is 0.527. The molecule has 4 aliphatic rings. The number of fused-ring (bicyclic) bond motifs is 1. The second-order valence-corrected chi connectivity index (χ2v) is 10.5. The molecule has 5 unspecified atom stereocenters. The van der Waals surface area contributed by atoms with Crippen molar-refractivity contribution in [3.8, 4) is 0 Å². The molecule has 2 bridgehead atoms. The minimum Gasteiger partial charge on any atom is -0.383 e. The molecule has 9 heteroatoms. The number of halogens is 1. The molecule has 0 aromatic heterocycles. The monoisotopic (exact) mass is 531 g/mol. The van der Waals surface area contributed by atoms with E-state index >= 15 is 0 Å². The highest BCUT2D eigenvalue weighted by molar-refractivity contribution is 9.10. The van der Waals surface area contributed by atoms with Gasteiger partial charge in [-0.25, -0.2) is 0 Å². The summed E-state index contributed by atoms with van der Waals surface area (Å²) in [6.45, 7) is 0.559. The number of nitrogens with one attached hydrogen (secondary N) is 2. The number of carbonyl (C=O) groups is 3. The first-order chi connectivity index (χ1) is 16.4. The molecular formula is C25H30BrN3O5. The summed E-state index contributed by atoms with van der Waals surface area (Å²) in [5.74, 6) is -2.19. The number of benzene rings is 1. The smallest absolute Gasteiger partial charge is 0.246 e. The standard InChI is InChI=1S/C25H30BrN3O5/c1-33-14-13-29-21(23(31)28-16-5-3-2-4-6-16)25-12-11-18(34-25)19(20(25)24(29)32)22(30)27-17-9-7-15(26)8-10-17/h7-12,16,18-21H,2-6,13-14H2,1H3,(H,27,30)(H,28,31). The van der Waals surface area contributed by atoms with E-state index in [9.17, 15) is 14.4 Å². The molecule has 182 valence electrons. The SMILES string of the molecule is COCCN1C(=O)C2C(C(=O)Nc3ccc(Br)cc3)C3C=CC2(O3)C1C(=O)NC1CCCCC1. The highest BCUT2D eigenvalue weighted by Gasteiger charge is 2.72. The minimum atomic E-state index is -1.14. The first-order valence-electron chi connectivity index (χ1n) is 12.0. The molecule has 1 spiro atoms. The first-order valence-corrected chi connectivity index (χ1v) is 12.8. The topological polar surface area (TPSA) is 97.0 Å². The number of anilines is 1. The van der Waals surface area contributed by atoms with E-state index in [1.54, 1.807) is 24.1 Å². The van der Waals surface area contributed by atoms with Crippen LogP contribution in [0, 0.1) is 11.8 Å². The zero-order valence-corrected chi connectivity index (χ0v) is 20.8. The van der Waals surface area contributed by atoms with Gasteiger partial charge in [-0.15, -0.1) is 0 Å². The molecule has 1 aliphatic carbocycles. The van der Waals surface area contributed by atoms with Crippen molar-refractivity contribution in [3.63, 3.8) is 0 Å². The molecule has 3 amide bonds. The third-order valence-corrected chi connectivity index (χ3v) is 8.05. The Morgan fingerprint density at radius 1 is 1.18 bits per heavy atom. The van der Waals surface area contributed by atoms with Gasteiger partial charge in [-0.3, -0.25) is 14.4 Å². The number of methoxy groups -OCH3 is 1. The minimum absolute atomic E-state index is 0.107. The normalized spacial score (nSPS) is 32.2. The second-order valence-electron chi connectivity index (χ2n) is 9.57. The van der Waals surface area contributed by atoms with E-state index in [1.807, 2.05) is 24.3 Å². The van der Waals surface area contributed by atoms with Crippen LogP contribution in [-0.2, 0) is 23.9 Å². The molecule has 1 saturated carbocycles. The van der Waals surface area contributed by atoms with Gasteiger partial charge in [-0.1, -0.05) is 47.3 Å². The molecule has 1 aromatic carbocycles. The Bertz CT molecular complexity index is 993. The fourth-order valence-electron chi connectivity index (χ4n) is 5.98. The van der Waals surface area contributed by atoms with Crippen LogP contribution in [0.25, 0.3) is 0 Å². The van der Waals surface area contributed by atoms with E-state index in [-0.39, 0.29) is 30.3 Å². The number of hydrogen-bond acceptors (Lipinski definition) is 5. The summed E-state index contributed by atoms with van der Waals surface area (Å²) in [7, 11) is 1.56. The number of nitrogens with zero attached hydrogens (tertiary/aromatic N) is 1. The first kappa shape index (κ1) is 23.5. The lowest BCUT2D eigenvalue weighted by molar-refractivity contribution is -0.142. The van der Waals surface area contributed by atoms with Crippen molar-refractivity contribution in [1.29, 1.82) is 0 Å². The van der Waals surface area contributed by atoms with Gasteiger partial charge < -0.3 is 25.0 Å². The van der Waals surface area contributed by atoms with E-state index in [1.165, 1.54) is 6.42 Å². The summed E-state index contributed by atoms with van der Waals surface area (Å²) in [6, 6.07) is 6.55. The molecule has 0 radical (unpaired) electrons. The summed E-state index contributed by atoms with van der Waals surface area (Å²) in [4.78, 5) is 42.2. The van der Waals surface area contributed by atoms with E-state index < -0.39 is 29.6 Å². The summed E-state index contributed by atoms with van der Waals surface area (Å²) >= 11 is 3.39. The fraction of sp³-hybridized carbons (Fsp3) is 0.560. The molecule has 2 saturated heterocycles. The average Bonchev–Trinajstić information content (AvgIpc) is 3.47. The van der Waals surface area contributed by atoms with Gasteiger partial charge in [0.2, 0.25) is 17.7 Å². The van der Waals surface area contributed by atoms with E-state index in [0.29, 0.717) is 12.3 Å². The maximum Gasteiger partial charge on any atom is 0.246 e. The number of hydrogen-bond donors (Lipinski definition) is 2. The molecule has 3 aliphatic heterocycles. The van der Waals surface area contributed by atoms with Crippen molar-refractivity contribution in [2.45, 2.75) is 55.9 Å². The van der Waals surface area contributed by atoms with Gasteiger partial charge in [-0.05, 0) is 37.1 Å². The van der Waals surface area contributed by atoms with Gasteiger partial charge in [0.25, 0.3) is 0 Å². The van der Waals surface area contributed by atoms with Gasteiger partial charge >= 0.3 is 0 Å². The van der Waals surface area contributed by atoms with E-state index in [4.69, 9.17) is 9.47 Å². The lowest BCUT2D eigenvalue weighted by Gasteiger charge is -2.34. The van der Waals surface area contributed by atoms with Crippen LogP contribution in [0.5, 0.6) is 0 Å². The van der Waals surface area contributed by atoms with Crippen LogP contribution in [0.3, 0.4) is 0 Å². The largest absolute Gasteiger partial charge is 0.383 e. The van der Waals surface area contributed by atoms with Gasteiger partial charge in [-0.2, -0.15) is 0 Å². The highest BCUT2D eigenvalue weighted by atomic mass is 79.9. The highest BCUT2D eigenvalue weighted by Crippen LogP contribution is 2.55. The number of rotatable bonds is 7. The number of ether oxygens (including phenoxy) is 2. The number of likely N-dealkylation sites (tertiary alicyclic amines) is 1. The van der Waals surface area contributed by atoms with Crippen molar-refractivity contribution in [1.82, 2.24) is 10.2 Å². The third kappa shape index (κ3) is 3.97. The van der Waals surface area contributed by atoms with Crippen LogP contribution in [-0.4, -0.2) is 66.7 Å². The molecule has 34 heavy (non-hydrogen) atoms. The van der Waals surface area contributed by atoms with Crippen LogP contribution in [0.2, 0.25) is 0 Å². The van der Waals surface area contributed by atoms with Crippen molar-refractivity contribution in [2.75, 3.05) is 25.6 Å². The van der Waals surface area contributed by atoms with Crippen LogP contribution in [0.1, 0.15) is 32.1 Å². The van der Waals surface area contributed by atoms with Crippen molar-refractivity contribution >= 4 is 39.3 Å². The van der Waals surface area contributed by atoms with Crippen LogP contribution >= 0.6 is 15.9 Å². The van der Waals surface area contributed by atoms with E-state index in [0.717, 1.165) is 30.2 Å². The molecule has 2 N–H and O–H groups in total. The lowest BCUT2D eigenvalue weighted by atomic mass is 9.74. The molecule has 5 rings (SSSR count). The Kier molecular flexibility index (Phi) is 6.52. The third-order valence-electron chi connectivity index (χ3n) is 7.52. The van der Waals surface area contributed by atoms with Gasteiger partial charge in [0.05, 0.1) is 24.5 Å². The molecule has 3 fully saturated rings. The maximum atomic E-state index is 13.7. The summed E-state index contributed by atoms with van der Waals surface area (Å²) in [5, 5.41) is 6.10. The molecule has 5 atom stereocenters. The summed E-state index contributed by atoms with van der Waals surface area (Å²) in [5.41, 5.74) is -0.502. The van der Waals surface area contributed by atoms with Gasteiger partial charge in [0.15, 0.2) is 0 Å². The predicted molar refractivity (Wildman–Crippen MR) is 129 cm³/mol. The zero-order valence-electron chi connectivity index (χ0n) is 19.2. The summed E-state index contributed by atoms with van der Waals surface area (Å²) < 4.78 is 12.5. The van der Waals surface area contributed by atoms with Crippen LogP contribution in [0.15, 0.2) is 40.9 Å². The number of carbonyl (C=O) groups excluding carboxylic acids is 3. The molecule has 1 aromatic rings. The summed E-state index contributed by atoms with van der Waals surface area (Å²) in [6.07, 6.45) is 8.37. The molecule has 8 nitrogen and oxygen atoms in total. The maximum absolute atomic E-state index is 13.7. The second kappa shape index (κ2) is 9.43. The van der Waals surface area contributed by atoms with Crippen LogP contribution in [0.4, 0.5) is 5.69 Å². The molecule has 3 heterocycles. The molecular weight excluding hydrogens is 502 g/mol. The Morgan fingerprint density at radius 2 is 1.91 bits per heavy atom. The predicted octanol–water partition coefficient (Wildman–Crippen LogP) is 2.63. The lowest BCUT2D eigenvalue weighted by Crippen LogP contribution is -2.57. The van der Waals surface area contributed by atoms with Crippen molar-refractivity contribution in [2.24, 2.45) is 11.8 Å². The Labute approximate surface area is 207 Å². The Balaban J connectivity index is 1.42. The van der Waals surface area contributed by atoms with Gasteiger partial charge in [0, 0.05) is 29.9 Å². The zero-order chi connectivity index (χ0) is 23.9. The van der Waals surface area contributed by atoms with Crippen LogP contribution < -0.4 is 10.6 Å². The average molecular weight is 532 g/mol. The number of amides is 3. The van der Waals surface area contributed by atoms with Gasteiger partial charge in [0.1, 0.15) is 11.6 Å². The van der Waals surface area contributed by atoms with Crippen molar-refractivity contribution < 1.29 is 23.9 Å². The fourth-order valence-corrected chi connectivity index (χ4v) is 6.25. The Morgan fingerprint density at radius 3 is 2.62 bits per heavy atom.